The molecule has 0 radical (unpaired) electrons. The quantitative estimate of drug-likeness (QED) is 0.892. The van der Waals surface area contributed by atoms with Crippen LogP contribution in [0.25, 0.3) is 0 Å². The summed E-state index contributed by atoms with van der Waals surface area (Å²) in [6.45, 7) is 1.97. The van der Waals surface area contributed by atoms with Crippen LogP contribution in [0.5, 0.6) is 5.75 Å². The Bertz CT molecular complexity index is 531. The van der Waals surface area contributed by atoms with Gasteiger partial charge in [0.05, 0.1) is 0 Å². The first-order chi connectivity index (χ1) is 8.63. The Kier molecular flexibility index (Phi) is 3.62. The second kappa shape index (κ2) is 5.35. The molecule has 2 aromatic rings. The van der Waals surface area contributed by atoms with Crippen LogP contribution >= 0.6 is 0 Å². The van der Waals surface area contributed by atoms with Gasteiger partial charge in [-0.2, -0.15) is 5.10 Å². The molecule has 5 nitrogen and oxygen atoms in total. The SMILES string of the molecule is Cc1ccc(OCC(=O)Nc2ccn(C)n2)cc1. The van der Waals surface area contributed by atoms with Gasteiger partial charge in [0.1, 0.15) is 5.75 Å². The fraction of sp³-hybridized carbons (Fsp3) is 0.231. The molecule has 0 aliphatic carbocycles. The molecular formula is C13H15N3O2. The van der Waals surface area contributed by atoms with Crippen molar-refractivity contribution in [1.82, 2.24) is 9.78 Å². The highest BCUT2D eigenvalue weighted by molar-refractivity contribution is 5.90. The third-order valence-electron chi connectivity index (χ3n) is 2.37. The number of hydrogen-bond acceptors (Lipinski definition) is 3. The van der Waals surface area contributed by atoms with Crippen molar-refractivity contribution in [2.45, 2.75) is 6.92 Å². The number of aryl methyl sites for hydroxylation is 2. The Balaban J connectivity index is 1.83. The van der Waals surface area contributed by atoms with Crippen molar-refractivity contribution in [3.05, 3.63) is 42.1 Å². The number of ether oxygens (including phenoxy) is 1. The second-order valence-electron chi connectivity index (χ2n) is 4.02. The molecule has 5 heteroatoms. The monoisotopic (exact) mass is 245 g/mol. The maximum Gasteiger partial charge on any atom is 0.263 e. The first kappa shape index (κ1) is 12.2. The normalized spacial score (nSPS) is 10.1. The van der Waals surface area contributed by atoms with Crippen LogP contribution < -0.4 is 10.1 Å². The molecule has 0 spiro atoms. The van der Waals surface area contributed by atoms with E-state index in [4.69, 9.17) is 4.74 Å². The minimum absolute atomic E-state index is 0.0281. The number of carbonyl (C=O) groups is 1. The lowest BCUT2D eigenvalue weighted by atomic mass is 10.2. The molecule has 0 bridgehead atoms. The number of aromatic nitrogens is 2. The van der Waals surface area contributed by atoms with Crippen molar-refractivity contribution < 1.29 is 9.53 Å². The van der Waals surface area contributed by atoms with Gasteiger partial charge in [0.25, 0.3) is 5.91 Å². The van der Waals surface area contributed by atoms with Crippen LogP contribution in [0.3, 0.4) is 0 Å². The average Bonchev–Trinajstić information content (AvgIpc) is 2.74. The first-order valence-electron chi connectivity index (χ1n) is 5.62. The van der Waals surface area contributed by atoms with Gasteiger partial charge in [0.2, 0.25) is 0 Å². The lowest BCUT2D eigenvalue weighted by Crippen LogP contribution is -2.20. The van der Waals surface area contributed by atoms with Gasteiger partial charge < -0.3 is 10.1 Å². The molecule has 2 rings (SSSR count). The molecule has 0 atom stereocenters. The van der Waals surface area contributed by atoms with E-state index in [1.807, 2.05) is 31.2 Å². The van der Waals surface area contributed by atoms with E-state index in [0.29, 0.717) is 11.6 Å². The highest BCUT2D eigenvalue weighted by atomic mass is 16.5. The zero-order valence-electron chi connectivity index (χ0n) is 10.4. The van der Waals surface area contributed by atoms with E-state index in [1.54, 1.807) is 24.0 Å². The molecule has 1 aromatic carbocycles. The molecule has 0 unspecified atom stereocenters. The third kappa shape index (κ3) is 3.35. The fourth-order valence-corrected chi connectivity index (χ4v) is 1.44. The summed E-state index contributed by atoms with van der Waals surface area (Å²) in [6.07, 6.45) is 1.76. The van der Waals surface area contributed by atoms with Gasteiger partial charge >= 0.3 is 0 Å². The van der Waals surface area contributed by atoms with Crippen molar-refractivity contribution in [3.63, 3.8) is 0 Å². The highest BCUT2D eigenvalue weighted by Gasteiger charge is 2.05. The summed E-state index contributed by atoms with van der Waals surface area (Å²) in [5.74, 6) is 0.973. The number of carbonyl (C=O) groups excluding carboxylic acids is 1. The number of nitrogens with one attached hydrogen (secondary N) is 1. The van der Waals surface area contributed by atoms with Gasteiger partial charge in [-0.05, 0) is 19.1 Å². The molecule has 94 valence electrons. The number of nitrogens with zero attached hydrogens (tertiary/aromatic N) is 2. The molecule has 1 amide bonds. The van der Waals surface area contributed by atoms with Crippen molar-refractivity contribution in [3.8, 4) is 5.75 Å². The summed E-state index contributed by atoms with van der Waals surface area (Å²) in [4.78, 5) is 11.6. The molecule has 18 heavy (non-hydrogen) atoms. The number of anilines is 1. The topological polar surface area (TPSA) is 56.1 Å². The van der Waals surface area contributed by atoms with Gasteiger partial charge in [-0.1, -0.05) is 17.7 Å². The molecule has 1 N–H and O–H groups in total. The van der Waals surface area contributed by atoms with E-state index >= 15 is 0 Å². The zero-order valence-corrected chi connectivity index (χ0v) is 10.4. The minimum Gasteiger partial charge on any atom is -0.484 e. The zero-order chi connectivity index (χ0) is 13.0. The van der Waals surface area contributed by atoms with E-state index in [-0.39, 0.29) is 12.5 Å². The van der Waals surface area contributed by atoms with Gasteiger partial charge in [-0.15, -0.1) is 0 Å². The largest absolute Gasteiger partial charge is 0.484 e. The average molecular weight is 245 g/mol. The van der Waals surface area contributed by atoms with Crippen molar-refractivity contribution >= 4 is 11.7 Å². The van der Waals surface area contributed by atoms with Crippen LogP contribution in [0.2, 0.25) is 0 Å². The van der Waals surface area contributed by atoms with Crippen LogP contribution in [-0.2, 0) is 11.8 Å². The van der Waals surface area contributed by atoms with E-state index in [2.05, 4.69) is 10.4 Å². The van der Waals surface area contributed by atoms with Crippen LogP contribution in [0.4, 0.5) is 5.82 Å². The fourth-order valence-electron chi connectivity index (χ4n) is 1.44. The number of amides is 1. The lowest BCUT2D eigenvalue weighted by molar-refractivity contribution is -0.118. The van der Waals surface area contributed by atoms with Gasteiger partial charge in [-0.3, -0.25) is 9.48 Å². The van der Waals surface area contributed by atoms with E-state index in [0.717, 1.165) is 5.56 Å². The summed E-state index contributed by atoms with van der Waals surface area (Å²) in [7, 11) is 1.79. The summed E-state index contributed by atoms with van der Waals surface area (Å²) >= 11 is 0. The first-order valence-corrected chi connectivity index (χ1v) is 5.62. The highest BCUT2D eigenvalue weighted by Crippen LogP contribution is 2.11. The second-order valence-corrected chi connectivity index (χ2v) is 4.02. The Morgan fingerprint density at radius 1 is 1.33 bits per heavy atom. The van der Waals surface area contributed by atoms with Gasteiger partial charge in [-0.25, -0.2) is 0 Å². The maximum absolute atomic E-state index is 11.6. The number of benzene rings is 1. The summed E-state index contributed by atoms with van der Waals surface area (Å²) in [5.41, 5.74) is 1.15. The molecule has 1 aromatic heterocycles. The summed E-state index contributed by atoms with van der Waals surface area (Å²) in [5, 5.41) is 6.69. The van der Waals surface area contributed by atoms with E-state index in [1.165, 1.54) is 0 Å². The Morgan fingerprint density at radius 2 is 2.06 bits per heavy atom. The molecule has 0 aliphatic rings. The number of rotatable bonds is 4. The van der Waals surface area contributed by atoms with Crippen molar-refractivity contribution in [2.24, 2.45) is 7.05 Å². The standard InChI is InChI=1S/C13H15N3O2/c1-10-3-5-11(6-4-10)18-9-13(17)14-12-7-8-16(2)15-12/h3-8H,9H2,1-2H3,(H,14,15,17). The van der Waals surface area contributed by atoms with E-state index in [9.17, 15) is 4.79 Å². The lowest BCUT2D eigenvalue weighted by Gasteiger charge is -2.06. The minimum atomic E-state index is -0.228. The third-order valence-corrected chi connectivity index (χ3v) is 2.37. The van der Waals surface area contributed by atoms with Crippen molar-refractivity contribution in [2.75, 3.05) is 11.9 Å². The predicted octanol–water partition coefficient (Wildman–Crippen LogP) is 1.75. The molecule has 0 fully saturated rings. The van der Waals surface area contributed by atoms with E-state index < -0.39 is 0 Å². The Morgan fingerprint density at radius 3 is 2.67 bits per heavy atom. The Labute approximate surface area is 105 Å². The van der Waals surface area contributed by atoms with Crippen LogP contribution in [-0.4, -0.2) is 22.3 Å². The molecule has 0 aliphatic heterocycles. The summed E-state index contributed by atoms with van der Waals surface area (Å²) < 4.78 is 6.98. The predicted molar refractivity (Wildman–Crippen MR) is 68.5 cm³/mol. The smallest absolute Gasteiger partial charge is 0.263 e. The number of hydrogen-bond donors (Lipinski definition) is 1. The van der Waals surface area contributed by atoms with Crippen LogP contribution in [0.15, 0.2) is 36.5 Å². The molecule has 0 saturated heterocycles. The summed E-state index contributed by atoms with van der Waals surface area (Å²) in [6, 6.07) is 9.27. The van der Waals surface area contributed by atoms with Crippen LogP contribution in [0.1, 0.15) is 5.56 Å². The van der Waals surface area contributed by atoms with Gasteiger partial charge in [0, 0.05) is 19.3 Å². The van der Waals surface area contributed by atoms with Gasteiger partial charge in [0.15, 0.2) is 12.4 Å². The molecule has 0 saturated carbocycles. The molecular weight excluding hydrogens is 230 g/mol. The Hall–Kier alpha value is -2.30. The van der Waals surface area contributed by atoms with Crippen LogP contribution in [0, 0.1) is 6.92 Å². The van der Waals surface area contributed by atoms with Crippen molar-refractivity contribution in [1.29, 1.82) is 0 Å². The molecule has 1 heterocycles. The maximum atomic E-state index is 11.6.